The highest BCUT2D eigenvalue weighted by Gasteiger charge is 2.07. The molecule has 0 radical (unpaired) electrons. The molecule has 2 N–H and O–H groups in total. The predicted molar refractivity (Wildman–Crippen MR) is 108 cm³/mol. The van der Waals surface area contributed by atoms with Crippen molar-refractivity contribution in [3.05, 3.63) is 57.0 Å². The molecule has 2 amide bonds. The van der Waals surface area contributed by atoms with Crippen molar-refractivity contribution < 1.29 is 4.79 Å². The van der Waals surface area contributed by atoms with Gasteiger partial charge in [-0.2, -0.15) is 0 Å². The molecule has 0 aromatic heterocycles. The lowest BCUT2D eigenvalue weighted by atomic mass is 10.2. The summed E-state index contributed by atoms with van der Waals surface area (Å²) in [6, 6.07) is 9.76. The van der Waals surface area contributed by atoms with Crippen LogP contribution in [0, 0.1) is 6.92 Å². The van der Waals surface area contributed by atoms with Gasteiger partial charge in [0.05, 0.1) is 10.0 Å². The lowest BCUT2D eigenvalue weighted by Gasteiger charge is -2.10. The predicted octanol–water partition coefficient (Wildman–Crippen LogP) is 7.65. The lowest BCUT2D eigenvalue weighted by molar-refractivity contribution is 0.262. The summed E-state index contributed by atoms with van der Waals surface area (Å²) in [5, 5.41) is 6.76. The molecule has 0 aliphatic heterocycles. The molecule has 24 heavy (non-hydrogen) atoms. The number of hydrogen-bond acceptors (Lipinski definition) is 1. The fraction of sp³-hybridized carbons (Fsp3) is 0.278. The molecular formula is C18H23Cl3N2O. The summed E-state index contributed by atoms with van der Waals surface area (Å²) < 4.78 is 0. The summed E-state index contributed by atoms with van der Waals surface area (Å²) in [7, 11) is 0. The number of carbonyl (C=O) groups is 1. The van der Waals surface area contributed by atoms with E-state index in [9.17, 15) is 4.79 Å². The molecule has 0 aliphatic rings. The Hall–Kier alpha value is -1.42. The zero-order valence-corrected chi connectivity index (χ0v) is 16.8. The molecule has 0 saturated heterocycles. The van der Waals surface area contributed by atoms with Crippen LogP contribution in [0.1, 0.15) is 33.3 Å². The van der Waals surface area contributed by atoms with Gasteiger partial charge in [0.1, 0.15) is 0 Å². The van der Waals surface area contributed by atoms with E-state index < -0.39 is 0 Å². The van der Waals surface area contributed by atoms with Crippen LogP contribution in [-0.4, -0.2) is 6.03 Å². The van der Waals surface area contributed by atoms with Gasteiger partial charge in [-0.05, 0) is 42.8 Å². The number of benzene rings is 2. The average molecular weight is 390 g/mol. The molecule has 3 nitrogen and oxygen atoms in total. The number of carbonyl (C=O) groups excluding carboxylic acids is 1. The molecule has 0 bridgehead atoms. The third-order valence-corrected chi connectivity index (χ3v) is 3.60. The zero-order valence-electron chi connectivity index (χ0n) is 14.5. The third kappa shape index (κ3) is 7.43. The van der Waals surface area contributed by atoms with Gasteiger partial charge in [-0.15, -0.1) is 0 Å². The fourth-order valence-electron chi connectivity index (χ4n) is 1.59. The van der Waals surface area contributed by atoms with Crippen LogP contribution in [0.5, 0.6) is 0 Å². The van der Waals surface area contributed by atoms with Gasteiger partial charge < -0.3 is 10.6 Å². The Labute approximate surface area is 159 Å². The Balaban J connectivity index is 0.00000123. The van der Waals surface area contributed by atoms with Crippen molar-refractivity contribution in [1.82, 2.24) is 0 Å². The van der Waals surface area contributed by atoms with E-state index in [1.165, 1.54) is 0 Å². The van der Waals surface area contributed by atoms with Crippen molar-refractivity contribution in [3.8, 4) is 0 Å². The van der Waals surface area contributed by atoms with E-state index in [0.29, 0.717) is 26.4 Å². The van der Waals surface area contributed by atoms with Gasteiger partial charge in [0, 0.05) is 16.4 Å². The van der Waals surface area contributed by atoms with Crippen LogP contribution in [0.25, 0.3) is 0 Å². The Morgan fingerprint density at radius 2 is 1.46 bits per heavy atom. The van der Waals surface area contributed by atoms with Gasteiger partial charge in [0.25, 0.3) is 0 Å². The second-order valence-electron chi connectivity index (χ2n) is 4.17. The van der Waals surface area contributed by atoms with Crippen molar-refractivity contribution in [2.45, 2.75) is 34.6 Å². The first-order chi connectivity index (χ1) is 11.5. The highest BCUT2D eigenvalue weighted by Crippen LogP contribution is 2.25. The summed E-state index contributed by atoms with van der Waals surface area (Å²) in [5.41, 5.74) is 2.12. The van der Waals surface area contributed by atoms with E-state index in [1.807, 2.05) is 40.7 Å². The first-order valence-corrected chi connectivity index (χ1v) is 8.88. The molecule has 0 saturated carbocycles. The van der Waals surface area contributed by atoms with Crippen LogP contribution in [0.15, 0.2) is 36.4 Å². The van der Waals surface area contributed by atoms with E-state index in [1.54, 1.807) is 30.3 Å². The highest BCUT2D eigenvalue weighted by molar-refractivity contribution is 6.42. The number of urea groups is 1. The molecule has 0 fully saturated rings. The average Bonchev–Trinajstić information content (AvgIpc) is 2.58. The fourth-order valence-corrected chi connectivity index (χ4v) is 2.06. The second-order valence-corrected chi connectivity index (χ2v) is 5.42. The molecule has 2 aromatic rings. The van der Waals surface area contributed by atoms with Crippen molar-refractivity contribution in [3.63, 3.8) is 0 Å². The molecule has 2 aromatic carbocycles. The molecule has 0 atom stereocenters. The number of anilines is 2. The largest absolute Gasteiger partial charge is 0.323 e. The Bertz CT molecular complexity index is 661. The van der Waals surface area contributed by atoms with Crippen LogP contribution >= 0.6 is 34.8 Å². The molecule has 0 aliphatic carbocycles. The monoisotopic (exact) mass is 388 g/mol. The number of rotatable bonds is 2. The topological polar surface area (TPSA) is 41.1 Å². The van der Waals surface area contributed by atoms with Crippen molar-refractivity contribution in [2.24, 2.45) is 0 Å². The number of nitrogens with one attached hydrogen (secondary N) is 2. The maximum atomic E-state index is 11.9. The number of halogens is 3. The quantitative estimate of drug-likeness (QED) is 0.544. The maximum Gasteiger partial charge on any atom is 0.323 e. The second kappa shape index (κ2) is 12.0. The minimum atomic E-state index is -0.381. The SMILES string of the molecule is CC.CC.Cc1ccc(Cl)cc1NC(=O)Nc1ccc(Cl)c(Cl)c1. The van der Waals surface area contributed by atoms with E-state index in [4.69, 9.17) is 34.8 Å². The number of aryl methyl sites for hydroxylation is 1. The Morgan fingerprint density at radius 1 is 0.833 bits per heavy atom. The zero-order chi connectivity index (χ0) is 18.7. The summed E-state index contributed by atoms with van der Waals surface area (Å²) >= 11 is 17.6. The lowest BCUT2D eigenvalue weighted by Crippen LogP contribution is -2.19. The Kier molecular flexibility index (Phi) is 11.3. The molecule has 132 valence electrons. The molecule has 2 rings (SSSR count). The highest BCUT2D eigenvalue weighted by atomic mass is 35.5. The van der Waals surface area contributed by atoms with Crippen molar-refractivity contribution in [2.75, 3.05) is 10.6 Å². The van der Waals surface area contributed by atoms with Crippen LogP contribution < -0.4 is 10.6 Å². The van der Waals surface area contributed by atoms with Crippen LogP contribution in [-0.2, 0) is 0 Å². The molecule has 0 unspecified atom stereocenters. The first-order valence-electron chi connectivity index (χ1n) is 7.75. The molecular weight excluding hydrogens is 367 g/mol. The summed E-state index contributed by atoms with van der Waals surface area (Å²) in [5.74, 6) is 0. The number of amides is 2. The van der Waals surface area contributed by atoms with Crippen LogP contribution in [0.3, 0.4) is 0 Å². The van der Waals surface area contributed by atoms with Gasteiger partial charge in [-0.1, -0.05) is 68.6 Å². The first kappa shape index (κ1) is 22.6. The smallest absolute Gasteiger partial charge is 0.308 e. The van der Waals surface area contributed by atoms with Crippen molar-refractivity contribution >= 4 is 52.2 Å². The summed E-state index contributed by atoms with van der Waals surface area (Å²) in [4.78, 5) is 11.9. The van der Waals surface area contributed by atoms with Gasteiger partial charge in [-0.3, -0.25) is 0 Å². The van der Waals surface area contributed by atoms with Crippen molar-refractivity contribution in [1.29, 1.82) is 0 Å². The van der Waals surface area contributed by atoms with Gasteiger partial charge in [0.15, 0.2) is 0 Å². The van der Waals surface area contributed by atoms with Gasteiger partial charge in [0.2, 0.25) is 0 Å². The van der Waals surface area contributed by atoms with Gasteiger partial charge in [-0.25, -0.2) is 4.79 Å². The van der Waals surface area contributed by atoms with E-state index >= 15 is 0 Å². The van der Waals surface area contributed by atoms with E-state index in [-0.39, 0.29) is 6.03 Å². The Morgan fingerprint density at radius 3 is 2.04 bits per heavy atom. The molecule has 6 heteroatoms. The third-order valence-electron chi connectivity index (χ3n) is 2.63. The van der Waals surface area contributed by atoms with E-state index in [0.717, 1.165) is 5.56 Å². The van der Waals surface area contributed by atoms with Gasteiger partial charge >= 0.3 is 6.03 Å². The normalized spacial score (nSPS) is 9.00. The maximum absolute atomic E-state index is 11.9. The van der Waals surface area contributed by atoms with Crippen LogP contribution in [0.2, 0.25) is 15.1 Å². The molecule has 0 spiro atoms. The number of hydrogen-bond donors (Lipinski definition) is 2. The van der Waals surface area contributed by atoms with Crippen LogP contribution in [0.4, 0.5) is 16.2 Å². The van der Waals surface area contributed by atoms with E-state index in [2.05, 4.69) is 10.6 Å². The summed E-state index contributed by atoms with van der Waals surface area (Å²) in [6.45, 7) is 9.88. The standard InChI is InChI=1S/C14H11Cl3N2O.2C2H6/c1-8-2-3-9(15)6-13(8)19-14(20)18-10-4-5-11(16)12(17)7-10;2*1-2/h2-7H,1H3,(H2,18,19,20);2*1-2H3. The minimum absolute atomic E-state index is 0.378. The molecule has 0 heterocycles. The minimum Gasteiger partial charge on any atom is -0.308 e. The summed E-state index contributed by atoms with van der Waals surface area (Å²) in [6.07, 6.45) is 0.